The number of pyridine rings is 1. The number of hydrogen-bond donors (Lipinski definition) is 0. The number of rotatable bonds is 4. The molecule has 4 heteroatoms. The second-order valence-corrected chi connectivity index (χ2v) is 12.2. The summed E-state index contributed by atoms with van der Waals surface area (Å²) in [6.45, 7) is 0. The second kappa shape index (κ2) is 10.5. The summed E-state index contributed by atoms with van der Waals surface area (Å²) >= 11 is 0. The van der Waals surface area contributed by atoms with Crippen molar-refractivity contribution in [2.75, 3.05) is 0 Å². The molecule has 10 rings (SSSR count). The first-order valence-electron chi connectivity index (χ1n) is 16.2. The zero-order valence-corrected chi connectivity index (χ0v) is 25.8. The fourth-order valence-corrected chi connectivity index (χ4v) is 7.15. The van der Waals surface area contributed by atoms with E-state index in [0.29, 0.717) is 0 Å². The van der Waals surface area contributed by atoms with Gasteiger partial charge in [-0.1, -0.05) is 115 Å². The van der Waals surface area contributed by atoms with Crippen LogP contribution in [0, 0.1) is 0 Å². The van der Waals surface area contributed by atoms with Crippen LogP contribution in [0.15, 0.2) is 168 Å². The molecular formula is C44H27N3O. The SMILES string of the molecule is c1ccc(-n2c(-c3ccc(-c4cccc(-c5nc6ccccc6c6ccc7c8ccccc8oc7c56)c4)cc3)nc3ccccc32)cc1. The Bertz CT molecular complexity index is 2830. The van der Waals surface area contributed by atoms with Crippen LogP contribution in [0.25, 0.3) is 94.1 Å². The van der Waals surface area contributed by atoms with E-state index in [0.717, 1.165) is 94.1 Å². The molecule has 0 aliphatic heterocycles. The van der Waals surface area contributed by atoms with Crippen LogP contribution in [0.1, 0.15) is 0 Å². The maximum Gasteiger partial charge on any atom is 0.145 e. The monoisotopic (exact) mass is 613 g/mol. The lowest BCUT2D eigenvalue weighted by Crippen LogP contribution is -1.97. The standard InChI is InChI=1S/C44H27N3O/c1-2-13-32(14-3-1)47-39-19-8-7-18-38(39)46-44(47)29-23-21-28(22-24-29)30-11-10-12-31(27-30)42-41-35(33-15-4-6-17-37(33)45-42)25-26-36-34-16-5-9-20-40(34)48-43(36)41/h1-27H. The summed E-state index contributed by atoms with van der Waals surface area (Å²) in [5, 5.41) is 5.51. The summed E-state index contributed by atoms with van der Waals surface area (Å²) in [7, 11) is 0. The fraction of sp³-hybridized carbons (Fsp3) is 0. The van der Waals surface area contributed by atoms with Gasteiger partial charge < -0.3 is 4.42 Å². The van der Waals surface area contributed by atoms with E-state index in [-0.39, 0.29) is 0 Å². The van der Waals surface area contributed by atoms with Gasteiger partial charge in [0.2, 0.25) is 0 Å². The smallest absolute Gasteiger partial charge is 0.145 e. The number of para-hydroxylation sites is 5. The summed E-state index contributed by atoms with van der Waals surface area (Å²) in [4.78, 5) is 10.3. The second-order valence-electron chi connectivity index (χ2n) is 12.2. The van der Waals surface area contributed by atoms with Gasteiger partial charge in [-0.15, -0.1) is 0 Å². The molecule has 0 N–H and O–H groups in total. The highest BCUT2D eigenvalue weighted by Gasteiger charge is 2.19. The number of aromatic nitrogens is 3. The van der Waals surface area contributed by atoms with Crippen molar-refractivity contribution in [3.63, 3.8) is 0 Å². The number of furan rings is 1. The molecule has 0 saturated carbocycles. The molecule has 4 nitrogen and oxygen atoms in total. The Kier molecular flexibility index (Phi) is 5.84. The first kappa shape index (κ1) is 26.7. The Morgan fingerprint density at radius 1 is 0.438 bits per heavy atom. The Balaban J connectivity index is 1.12. The van der Waals surface area contributed by atoms with Crippen molar-refractivity contribution in [1.29, 1.82) is 0 Å². The molecule has 0 atom stereocenters. The molecule has 0 spiro atoms. The molecule has 0 radical (unpaired) electrons. The molecule has 10 aromatic rings. The zero-order valence-electron chi connectivity index (χ0n) is 25.8. The molecule has 3 heterocycles. The maximum absolute atomic E-state index is 6.56. The Morgan fingerprint density at radius 2 is 1.12 bits per heavy atom. The molecule has 0 fully saturated rings. The van der Waals surface area contributed by atoms with E-state index < -0.39 is 0 Å². The van der Waals surface area contributed by atoms with Crippen LogP contribution >= 0.6 is 0 Å². The molecule has 0 aliphatic rings. The van der Waals surface area contributed by atoms with Crippen LogP contribution in [-0.2, 0) is 0 Å². The van der Waals surface area contributed by atoms with Gasteiger partial charge in [-0.05, 0) is 65.0 Å². The van der Waals surface area contributed by atoms with E-state index in [9.17, 15) is 0 Å². The Hall–Kier alpha value is -6.52. The highest BCUT2D eigenvalue weighted by atomic mass is 16.3. The summed E-state index contributed by atoms with van der Waals surface area (Å²) in [6, 6.07) is 57.1. The van der Waals surface area contributed by atoms with Crippen molar-refractivity contribution >= 4 is 54.6 Å². The average Bonchev–Trinajstić information content (AvgIpc) is 3.74. The van der Waals surface area contributed by atoms with E-state index in [1.807, 2.05) is 24.3 Å². The minimum absolute atomic E-state index is 0.873. The molecule has 7 aromatic carbocycles. The van der Waals surface area contributed by atoms with Crippen molar-refractivity contribution in [2.45, 2.75) is 0 Å². The third-order valence-corrected chi connectivity index (χ3v) is 9.40. The lowest BCUT2D eigenvalue weighted by molar-refractivity contribution is 0.672. The third kappa shape index (κ3) is 4.10. The quantitative estimate of drug-likeness (QED) is 0.186. The highest BCUT2D eigenvalue weighted by molar-refractivity contribution is 6.23. The molecule has 0 amide bonds. The third-order valence-electron chi connectivity index (χ3n) is 9.40. The van der Waals surface area contributed by atoms with Crippen LogP contribution in [-0.4, -0.2) is 14.5 Å². The van der Waals surface area contributed by atoms with Gasteiger partial charge in [0.25, 0.3) is 0 Å². The summed E-state index contributed by atoms with van der Waals surface area (Å²) in [6.07, 6.45) is 0. The number of nitrogens with zero attached hydrogens (tertiary/aromatic N) is 3. The predicted molar refractivity (Wildman–Crippen MR) is 197 cm³/mol. The van der Waals surface area contributed by atoms with Gasteiger partial charge >= 0.3 is 0 Å². The van der Waals surface area contributed by atoms with E-state index in [4.69, 9.17) is 14.4 Å². The Labute approximate surface area is 276 Å². The van der Waals surface area contributed by atoms with Crippen molar-refractivity contribution in [3.8, 4) is 39.5 Å². The van der Waals surface area contributed by atoms with Crippen LogP contribution < -0.4 is 0 Å². The van der Waals surface area contributed by atoms with Crippen LogP contribution in [0.3, 0.4) is 0 Å². The first-order chi connectivity index (χ1) is 23.8. The van der Waals surface area contributed by atoms with Crippen molar-refractivity contribution in [1.82, 2.24) is 14.5 Å². The van der Waals surface area contributed by atoms with E-state index >= 15 is 0 Å². The Morgan fingerprint density at radius 3 is 2.00 bits per heavy atom. The van der Waals surface area contributed by atoms with Gasteiger partial charge in [0.15, 0.2) is 0 Å². The molecular weight excluding hydrogens is 587 g/mol. The van der Waals surface area contributed by atoms with Crippen molar-refractivity contribution in [2.24, 2.45) is 0 Å². The molecule has 0 aliphatic carbocycles. The van der Waals surface area contributed by atoms with Crippen molar-refractivity contribution in [3.05, 3.63) is 164 Å². The number of fused-ring (bicyclic) bond motifs is 8. The molecule has 0 saturated heterocycles. The maximum atomic E-state index is 6.56. The molecule has 48 heavy (non-hydrogen) atoms. The van der Waals surface area contributed by atoms with Gasteiger partial charge in [-0.2, -0.15) is 0 Å². The number of imidazole rings is 1. The predicted octanol–water partition coefficient (Wildman–Crippen LogP) is 11.6. The van der Waals surface area contributed by atoms with E-state index in [1.165, 1.54) is 0 Å². The van der Waals surface area contributed by atoms with Crippen LogP contribution in [0.4, 0.5) is 0 Å². The lowest BCUT2D eigenvalue weighted by atomic mass is 9.95. The number of benzene rings is 7. The zero-order chi connectivity index (χ0) is 31.6. The van der Waals surface area contributed by atoms with Gasteiger partial charge in [0.1, 0.15) is 17.0 Å². The van der Waals surface area contributed by atoms with Gasteiger partial charge in [0.05, 0.1) is 27.6 Å². The minimum Gasteiger partial charge on any atom is -0.455 e. The molecule has 224 valence electrons. The molecule has 0 unspecified atom stereocenters. The summed E-state index contributed by atoms with van der Waals surface area (Å²) in [5.74, 6) is 0.921. The fourth-order valence-electron chi connectivity index (χ4n) is 7.15. The van der Waals surface area contributed by atoms with Crippen LogP contribution in [0.2, 0.25) is 0 Å². The van der Waals surface area contributed by atoms with Gasteiger partial charge in [0, 0.05) is 33.0 Å². The van der Waals surface area contributed by atoms with E-state index in [1.54, 1.807) is 0 Å². The summed E-state index contributed by atoms with van der Waals surface area (Å²) < 4.78 is 8.80. The highest BCUT2D eigenvalue weighted by Crippen LogP contribution is 2.41. The normalized spacial score (nSPS) is 11.8. The topological polar surface area (TPSA) is 43.9 Å². The van der Waals surface area contributed by atoms with Gasteiger partial charge in [-0.3, -0.25) is 4.57 Å². The summed E-state index contributed by atoms with van der Waals surface area (Å²) in [5.41, 5.74) is 11.1. The number of hydrogen-bond acceptors (Lipinski definition) is 3. The minimum atomic E-state index is 0.873. The lowest BCUT2D eigenvalue weighted by Gasteiger charge is -2.12. The molecule has 0 bridgehead atoms. The molecule has 3 aromatic heterocycles. The van der Waals surface area contributed by atoms with Crippen molar-refractivity contribution < 1.29 is 4.42 Å². The average molecular weight is 614 g/mol. The van der Waals surface area contributed by atoms with E-state index in [2.05, 4.69) is 144 Å². The largest absolute Gasteiger partial charge is 0.455 e. The first-order valence-corrected chi connectivity index (χ1v) is 16.2. The van der Waals surface area contributed by atoms with Crippen LogP contribution in [0.5, 0.6) is 0 Å². The van der Waals surface area contributed by atoms with Gasteiger partial charge in [-0.25, -0.2) is 9.97 Å².